The first-order chi connectivity index (χ1) is 10.4. The first kappa shape index (κ1) is 15.2. The zero-order chi connectivity index (χ0) is 15.7. The third kappa shape index (κ3) is 3.36. The molecule has 0 amide bonds. The molecule has 3 rings (SSSR count). The zero-order valence-corrected chi connectivity index (χ0v) is 13.0. The highest BCUT2D eigenvalue weighted by Gasteiger charge is 2.32. The van der Waals surface area contributed by atoms with Crippen LogP contribution in [0.5, 0.6) is 0 Å². The third-order valence-electron chi connectivity index (χ3n) is 3.83. The molecule has 1 atom stereocenters. The van der Waals surface area contributed by atoms with E-state index in [9.17, 15) is 12.8 Å². The second kappa shape index (κ2) is 5.81. The Balaban J connectivity index is 1.68. The van der Waals surface area contributed by atoms with Gasteiger partial charge in [-0.05, 0) is 24.1 Å². The molecular formula is C15H17FN2O3S. The quantitative estimate of drug-likeness (QED) is 0.864. The lowest BCUT2D eigenvalue weighted by Gasteiger charge is -2.11. The SMILES string of the molecule is CS(=O)(=O)N1CCC(c2ncc(Cc3ccc(F)cc3)o2)C1. The van der Waals surface area contributed by atoms with Crippen molar-refractivity contribution < 1.29 is 17.2 Å². The maximum Gasteiger partial charge on any atom is 0.211 e. The molecule has 0 N–H and O–H groups in total. The maximum absolute atomic E-state index is 12.9. The lowest BCUT2D eigenvalue weighted by atomic mass is 10.1. The van der Waals surface area contributed by atoms with Crippen LogP contribution in [0.4, 0.5) is 4.39 Å². The number of hydrogen-bond acceptors (Lipinski definition) is 4. The molecule has 7 heteroatoms. The van der Waals surface area contributed by atoms with E-state index >= 15 is 0 Å². The molecular weight excluding hydrogens is 307 g/mol. The number of sulfonamides is 1. The van der Waals surface area contributed by atoms with Crippen molar-refractivity contribution in [3.05, 3.63) is 53.5 Å². The molecule has 1 aromatic carbocycles. The van der Waals surface area contributed by atoms with Crippen molar-refractivity contribution in [3.8, 4) is 0 Å². The van der Waals surface area contributed by atoms with Crippen LogP contribution < -0.4 is 0 Å². The maximum atomic E-state index is 12.9. The highest BCUT2D eigenvalue weighted by Crippen LogP contribution is 2.28. The molecule has 0 saturated carbocycles. The lowest BCUT2D eigenvalue weighted by Crippen LogP contribution is -2.27. The Kier molecular flexibility index (Phi) is 4.01. The van der Waals surface area contributed by atoms with E-state index in [0.29, 0.717) is 37.6 Å². The molecule has 2 heterocycles. The van der Waals surface area contributed by atoms with Gasteiger partial charge in [0.05, 0.1) is 18.4 Å². The van der Waals surface area contributed by atoms with Crippen molar-refractivity contribution in [2.75, 3.05) is 19.3 Å². The van der Waals surface area contributed by atoms with Crippen molar-refractivity contribution in [2.45, 2.75) is 18.8 Å². The molecule has 5 nitrogen and oxygen atoms in total. The molecule has 1 aliphatic rings. The Morgan fingerprint density at radius 1 is 1.36 bits per heavy atom. The van der Waals surface area contributed by atoms with E-state index in [4.69, 9.17) is 4.42 Å². The van der Waals surface area contributed by atoms with Gasteiger partial charge in [-0.25, -0.2) is 22.1 Å². The minimum Gasteiger partial charge on any atom is -0.445 e. The van der Waals surface area contributed by atoms with Gasteiger partial charge < -0.3 is 4.42 Å². The van der Waals surface area contributed by atoms with Gasteiger partial charge in [-0.2, -0.15) is 0 Å². The third-order valence-corrected chi connectivity index (χ3v) is 5.10. The van der Waals surface area contributed by atoms with Crippen LogP contribution in [0, 0.1) is 5.82 Å². The van der Waals surface area contributed by atoms with E-state index in [1.165, 1.54) is 22.7 Å². The van der Waals surface area contributed by atoms with Crippen LogP contribution >= 0.6 is 0 Å². The summed E-state index contributed by atoms with van der Waals surface area (Å²) in [6.45, 7) is 0.911. The molecule has 1 aliphatic heterocycles. The van der Waals surface area contributed by atoms with Crippen LogP contribution in [0.25, 0.3) is 0 Å². The number of halogens is 1. The summed E-state index contributed by atoms with van der Waals surface area (Å²) in [7, 11) is -3.16. The number of hydrogen-bond donors (Lipinski definition) is 0. The average molecular weight is 324 g/mol. The number of oxazole rings is 1. The fourth-order valence-corrected chi connectivity index (χ4v) is 3.52. The highest BCUT2D eigenvalue weighted by atomic mass is 32.2. The largest absolute Gasteiger partial charge is 0.445 e. The van der Waals surface area contributed by atoms with Gasteiger partial charge in [0.1, 0.15) is 11.6 Å². The van der Waals surface area contributed by atoms with Crippen LogP contribution in [-0.4, -0.2) is 37.1 Å². The van der Waals surface area contributed by atoms with Gasteiger partial charge >= 0.3 is 0 Å². The molecule has 118 valence electrons. The molecule has 0 spiro atoms. The van der Waals surface area contributed by atoms with E-state index < -0.39 is 10.0 Å². The van der Waals surface area contributed by atoms with Gasteiger partial charge in [0, 0.05) is 19.5 Å². The summed E-state index contributed by atoms with van der Waals surface area (Å²) in [5.41, 5.74) is 0.938. The number of benzene rings is 1. The van der Waals surface area contributed by atoms with Crippen molar-refractivity contribution in [1.82, 2.24) is 9.29 Å². The van der Waals surface area contributed by atoms with Crippen molar-refractivity contribution in [3.63, 3.8) is 0 Å². The van der Waals surface area contributed by atoms with Crippen LogP contribution in [0.15, 0.2) is 34.9 Å². The van der Waals surface area contributed by atoms with E-state index in [0.717, 1.165) is 5.56 Å². The summed E-state index contributed by atoms with van der Waals surface area (Å²) in [5.74, 6) is 0.994. The van der Waals surface area contributed by atoms with E-state index in [2.05, 4.69) is 4.98 Å². The second-order valence-electron chi connectivity index (χ2n) is 5.57. The number of aromatic nitrogens is 1. The topological polar surface area (TPSA) is 63.4 Å². The van der Waals surface area contributed by atoms with Crippen molar-refractivity contribution in [1.29, 1.82) is 0 Å². The summed E-state index contributed by atoms with van der Waals surface area (Å²) in [6, 6.07) is 6.23. The summed E-state index contributed by atoms with van der Waals surface area (Å²) in [6.07, 6.45) is 4.12. The Morgan fingerprint density at radius 2 is 2.09 bits per heavy atom. The van der Waals surface area contributed by atoms with E-state index in [-0.39, 0.29) is 11.7 Å². The minimum atomic E-state index is -3.16. The Morgan fingerprint density at radius 3 is 2.73 bits per heavy atom. The predicted octanol–water partition coefficient (Wildman–Crippen LogP) is 2.15. The van der Waals surface area contributed by atoms with Gasteiger partial charge in [-0.15, -0.1) is 0 Å². The fourth-order valence-electron chi connectivity index (χ4n) is 2.63. The molecule has 1 saturated heterocycles. The summed E-state index contributed by atoms with van der Waals surface area (Å²) >= 11 is 0. The van der Waals surface area contributed by atoms with E-state index in [1.54, 1.807) is 18.3 Å². The Bertz CT molecular complexity index is 755. The average Bonchev–Trinajstić information content (AvgIpc) is 3.09. The normalized spacial score (nSPS) is 19.6. The monoisotopic (exact) mass is 324 g/mol. The zero-order valence-electron chi connectivity index (χ0n) is 12.2. The number of rotatable bonds is 4. The molecule has 22 heavy (non-hydrogen) atoms. The summed E-state index contributed by atoms with van der Waals surface area (Å²) in [5, 5.41) is 0. The smallest absolute Gasteiger partial charge is 0.211 e. The molecule has 1 aromatic heterocycles. The second-order valence-corrected chi connectivity index (χ2v) is 7.56. The molecule has 2 aromatic rings. The van der Waals surface area contributed by atoms with Crippen molar-refractivity contribution in [2.24, 2.45) is 0 Å². The summed E-state index contributed by atoms with van der Waals surface area (Å²) in [4.78, 5) is 4.27. The molecule has 1 unspecified atom stereocenters. The Hall–Kier alpha value is -1.73. The summed E-state index contributed by atoms with van der Waals surface area (Å²) < 4.78 is 43.1. The molecule has 0 aliphatic carbocycles. The predicted molar refractivity (Wildman–Crippen MR) is 79.5 cm³/mol. The fraction of sp³-hybridized carbons (Fsp3) is 0.400. The first-order valence-corrected chi connectivity index (χ1v) is 8.91. The minimum absolute atomic E-state index is 0.00306. The van der Waals surface area contributed by atoms with Crippen LogP contribution in [0.1, 0.15) is 29.6 Å². The lowest BCUT2D eigenvalue weighted by molar-refractivity contribution is 0.418. The first-order valence-electron chi connectivity index (χ1n) is 7.06. The van der Waals surface area contributed by atoms with Crippen LogP contribution in [0.3, 0.4) is 0 Å². The standard InChI is InChI=1S/C15H17FN2O3S/c1-22(19,20)18-7-6-12(10-18)15-17-9-14(21-15)8-11-2-4-13(16)5-3-11/h2-5,9,12H,6-8,10H2,1H3. The molecule has 0 radical (unpaired) electrons. The van der Waals surface area contributed by atoms with E-state index in [1.807, 2.05) is 0 Å². The number of nitrogens with zero attached hydrogens (tertiary/aromatic N) is 2. The van der Waals surface area contributed by atoms with Gasteiger partial charge in [-0.3, -0.25) is 0 Å². The van der Waals surface area contributed by atoms with Gasteiger partial charge in [-0.1, -0.05) is 12.1 Å². The van der Waals surface area contributed by atoms with Gasteiger partial charge in [0.15, 0.2) is 5.89 Å². The van der Waals surface area contributed by atoms with Crippen molar-refractivity contribution >= 4 is 10.0 Å². The highest BCUT2D eigenvalue weighted by molar-refractivity contribution is 7.88. The molecule has 1 fully saturated rings. The Labute approximate surface area is 128 Å². The van der Waals surface area contributed by atoms with Crippen LogP contribution in [0.2, 0.25) is 0 Å². The van der Waals surface area contributed by atoms with Gasteiger partial charge in [0.25, 0.3) is 0 Å². The van der Waals surface area contributed by atoms with Gasteiger partial charge in [0.2, 0.25) is 10.0 Å². The molecule has 0 bridgehead atoms. The van der Waals surface area contributed by atoms with Crippen LogP contribution in [-0.2, 0) is 16.4 Å².